The lowest BCUT2D eigenvalue weighted by atomic mass is 9.82. The molecule has 1 unspecified atom stereocenters. The zero-order valence-electron chi connectivity index (χ0n) is 6.82. The number of rotatable bonds is 1. The van der Waals surface area contributed by atoms with Crippen molar-refractivity contribution in [1.82, 2.24) is 0 Å². The van der Waals surface area contributed by atoms with Gasteiger partial charge in [-0.15, -0.1) is 11.6 Å². The van der Waals surface area contributed by atoms with E-state index in [-0.39, 0.29) is 5.78 Å². The summed E-state index contributed by atoms with van der Waals surface area (Å²) in [5.41, 5.74) is 0.901. The number of hydrogen-bond acceptors (Lipinski definition) is 1. The van der Waals surface area contributed by atoms with Crippen LogP contribution in [0.2, 0.25) is 0 Å². The van der Waals surface area contributed by atoms with Crippen LogP contribution in [-0.4, -0.2) is 10.7 Å². The van der Waals surface area contributed by atoms with E-state index in [1.165, 1.54) is 0 Å². The van der Waals surface area contributed by atoms with Crippen molar-refractivity contribution in [3.63, 3.8) is 0 Å². The maximum atomic E-state index is 11.1. The Bertz CT molecular complexity index is 198. The van der Waals surface area contributed by atoms with Gasteiger partial charge in [0.05, 0.1) is 0 Å². The summed E-state index contributed by atoms with van der Waals surface area (Å²) >= 11 is 6.11. The molecular weight excluding hydrogens is 160 g/mol. The summed E-state index contributed by atoms with van der Waals surface area (Å²) < 4.78 is 0. The molecule has 0 aromatic carbocycles. The largest absolute Gasteiger partial charge is 0.298 e. The molecule has 1 nitrogen and oxygen atoms in total. The number of alkyl halides is 1. The van der Waals surface area contributed by atoms with Crippen LogP contribution in [0.3, 0.4) is 0 Å². The number of carbonyl (C=O) groups is 1. The van der Waals surface area contributed by atoms with E-state index in [9.17, 15) is 4.79 Å². The van der Waals surface area contributed by atoms with Crippen LogP contribution in [-0.2, 0) is 4.79 Å². The third-order valence-corrected chi connectivity index (χ3v) is 3.09. The van der Waals surface area contributed by atoms with Gasteiger partial charge in [0, 0.05) is 0 Å². The van der Waals surface area contributed by atoms with Crippen LogP contribution in [0.25, 0.3) is 0 Å². The van der Waals surface area contributed by atoms with E-state index < -0.39 is 4.87 Å². The molecule has 0 N–H and O–H groups in total. The molecule has 1 atom stereocenters. The van der Waals surface area contributed by atoms with E-state index >= 15 is 0 Å². The third kappa shape index (κ3) is 1.48. The molecule has 1 rings (SSSR count). The number of hydrogen-bond donors (Lipinski definition) is 0. The van der Waals surface area contributed by atoms with Crippen molar-refractivity contribution in [3.8, 4) is 0 Å². The molecule has 0 spiro atoms. The highest BCUT2D eigenvalue weighted by Gasteiger charge is 2.37. The summed E-state index contributed by atoms with van der Waals surface area (Å²) in [6, 6.07) is 0. The number of allylic oxidation sites excluding steroid dienone is 1. The number of carbonyl (C=O) groups excluding carboxylic acids is 1. The Labute approximate surface area is 72.4 Å². The lowest BCUT2D eigenvalue weighted by Crippen LogP contribution is -2.34. The highest BCUT2D eigenvalue weighted by molar-refractivity contribution is 6.37. The fourth-order valence-electron chi connectivity index (χ4n) is 1.51. The fourth-order valence-corrected chi connectivity index (χ4v) is 1.73. The first kappa shape index (κ1) is 8.79. The van der Waals surface area contributed by atoms with Crippen LogP contribution in [0, 0.1) is 0 Å². The Morgan fingerprint density at radius 1 is 1.64 bits per heavy atom. The van der Waals surface area contributed by atoms with E-state index in [2.05, 4.69) is 6.58 Å². The molecule has 1 fully saturated rings. The lowest BCUT2D eigenvalue weighted by Gasteiger charge is -2.30. The fraction of sp³-hybridized carbons (Fsp3) is 0.667. The summed E-state index contributed by atoms with van der Waals surface area (Å²) in [7, 11) is 0. The number of Topliss-reactive ketones (excluding diaryl/α,β-unsaturated/α-hetero) is 1. The van der Waals surface area contributed by atoms with Gasteiger partial charge < -0.3 is 0 Å². The SMILES string of the molecule is C=C1CCCCC1(Cl)C(C)=O. The Morgan fingerprint density at radius 2 is 2.27 bits per heavy atom. The van der Waals surface area contributed by atoms with Gasteiger partial charge in [-0.2, -0.15) is 0 Å². The molecule has 2 heteroatoms. The van der Waals surface area contributed by atoms with Gasteiger partial charge in [0.1, 0.15) is 4.87 Å². The highest BCUT2D eigenvalue weighted by atomic mass is 35.5. The van der Waals surface area contributed by atoms with E-state index in [1.54, 1.807) is 6.92 Å². The highest BCUT2D eigenvalue weighted by Crippen LogP contribution is 2.38. The van der Waals surface area contributed by atoms with Gasteiger partial charge in [0.2, 0.25) is 0 Å². The molecule has 0 saturated heterocycles. The Kier molecular flexibility index (Phi) is 2.38. The van der Waals surface area contributed by atoms with Crippen molar-refractivity contribution in [2.45, 2.75) is 37.5 Å². The van der Waals surface area contributed by atoms with Crippen molar-refractivity contribution >= 4 is 17.4 Å². The minimum Gasteiger partial charge on any atom is -0.298 e. The van der Waals surface area contributed by atoms with Crippen molar-refractivity contribution < 1.29 is 4.79 Å². The number of ketones is 1. The van der Waals surface area contributed by atoms with E-state index in [4.69, 9.17) is 11.6 Å². The minimum atomic E-state index is -0.724. The van der Waals surface area contributed by atoms with Crippen molar-refractivity contribution in [3.05, 3.63) is 12.2 Å². The van der Waals surface area contributed by atoms with E-state index in [0.717, 1.165) is 31.3 Å². The molecule has 1 aliphatic carbocycles. The second kappa shape index (κ2) is 2.98. The van der Waals surface area contributed by atoms with Gasteiger partial charge in [0.15, 0.2) is 5.78 Å². The van der Waals surface area contributed by atoms with Gasteiger partial charge in [-0.3, -0.25) is 4.79 Å². The molecule has 0 aliphatic heterocycles. The molecule has 1 aliphatic rings. The van der Waals surface area contributed by atoms with Crippen molar-refractivity contribution in [2.24, 2.45) is 0 Å². The second-order valence-corrected chi connectivity index (χ2v) is 3.81. The van der Waals surface area contributed by atoms with Crippen LogP contribution in [0.15, 0.2) is 12.2 Å². The molecular formula is C9H13ClO. The average Bonchev–Trinajstić information content (AvgIpc) is 1.95. The predicted octanol–water partition coefficient (Wildman–Crippen LogP) is 2.68. The van der Waals surface area contributed by atoms with Crippen LogP contribution < -0.4 is 0 Å². The zero-order valence-corrected chi connectivity index (χ0v) is 7.58. The molecule has 0 aromatic rings. The zero-order chi connectivity index (χ0) is 8.48. The van der Waals surface area contributed by atoms with Crippen molar-refractivity contribution in [1.29, 1.82) is 0 Å². The summed E-state index contributed by atoms with van der Waals surface area (Å²) in [4.78, 5) is 10.4. The standard InChI is InChI=1S/C9H13ClO/c1-7-5-3-4-6-9(7,10)8(2)11/h1,3-6H2,2H3. The Balaban J connectivity index is 2.81. The first-order chi connectivity index (χ1) is 5.07. The van der Waals surface area contributed by atoms with Crippen LogP contribution >= 0.6 is 11.6 Å². The second-order valence-electron chi connectivity index (χ2n) is 3.17. The Hall–Kier alpha value is -0.300. The third-order valence-electron chi connectivity index (χ3n) is 2.37. The monoisotopic (exact) mass is 172 g/mol. The summed E-state index contributed by atoms with van der Waals surface area (Å²) in [6.45, 7) is 5.38. The molecule has 1 saturated carbocycles. The molecule has 0 radical (unpaired) electrons. The van der Waals surface area contributed by atoms with Gasteiger partial charge in [-0.25, -0.2) is 0 Å². The summed E-state index contributed by atoms with van der Waals surface area (Å²) in [5, 5.41) is 0. The first-order valence-corrected chi connectivity index (χ1v) is 4.33. The number of halogens is 1. The molecule has 0 heterocycles. The van der Waals surface area contributed by atoms with Gasteiger partial charge in [0.25, 0.3) is 0 Å². The van der Waals surface area contributed by atoms with Crippen LogP contribution in [0.1, 0.15) is 32.6 Å². The lowest BCUT2D eigenvalue weighted by molar-refractivity contribution is -0.119. The van der Waals surface area contributed by atoms with E-state index in [0.29, 0.717) is 0 Å². The molecule has 0 bridgehead atoms. The van der Waals surface area contributed by atoms with Crippen LogP contribution in [0.4, 0.5) is 0 Å². The molecule has 62 valence electrons. The maximum absolute atomic E-state index is 11.1. The Morgan fingerprint density at radius 3 is 2.64 bits per heavy atom. The predicted molar refractivity (Wildman–Crippen MR) is 46.9 cm³/mol. The smallest absolute Gasteiger partial charge is 0.154 e. The minimum absolute atomic E-state index is 0.0452. The first-order valence-electron chi connectivity index (χ1n) is 3.95. The van der Waals surface area contributed by atoms with Gasteiger partial charge >= 0.3 is 0 Å². The molecule has 0 amide bonds. The summed E-state index contributed by atoms with van der Waals surface area (Å²) in [6.07, 6.45) is 3.84. The van der Waals surface area contributed by atoms with Crippen molar-refractivity contribution in [2.75, 3.05) is 0 Å². The topological polar surface area (TPSA) is 17.1 Å². The van der Waals surface area contributed by atoms with E-state index in [1.807, 2.05) is 0 Å². The van der Waals surface area contributed by atoms with Gasteiger partial charge in [-0.1, -0.05) is 13.0 Å². The maximum Gasteiger partial charge on any atom is 0.154 e. The van der Waals surface area contributed by atoms with Gasteiger partial charge in [-0.05, 0) is 31.8 Å². The molecule has 0 aromatic heterocycles. The normalized spacial score (nSPS) is 32.0. The molecule has 11 heavy (non-hydrogen) atoms. The average molecular weight is 173 g/mol. The summed E-state index contributed by atoms with van der Waals surface area (Å²) in [5.74, 6) is 0.0452. The quantitative estimate of drug-likeness (QED) is 0.439. The van der Waals surface area contributed by atoms with Crippen LogP contribution in [0.5, 0.6) is 0 Å².